The van der Waals surface area contributed by atoms with E-state index in [9.17, 15) is 29.8 Å². The Morgan fingerprint density at radius 2 is 0.909 bits per heavy atom. The van der Waals surface area contributed by atoms with Gasteiger partial charge in [-0.2, -0.15) is 25.3 Å². The lowest BCUT2D eigenvalue weighted by atomic mass is 10.1. The lowest BCUT2D eigenvalue weighted by Crippen LogP contribution is -2.42. The molecule has 4 rings (SSSR count). The summed E-state index contributed by atoms with van der Waals surface area (Å²) in [7, 11) is -16.8. The molecule has 0 aliphatic rings. The lowest BCUT2D eigenvalue weighted by Gasteiger charge is -2.17. The largest absolute Gasteiger partial charge is 0.380 e. The molecule has 0 radical (unpaired) electrons. The van der Waals surface area contributed by atoms with E-state index in [1.54, 1.807) is 48.5 Å². The summed E-state index contributed by atoms with van der Waals surface area (Å²) in [4.78, 5) is 0. The molecular weight excluding hydrogens is 492 g/mol. The Morgan fingerprint density at radius 1 is 0.545 bits per heavy atom. The lowest BCUT2D eigenvalue weighted by molar-refractivity contribution is 0.454. The van der Waals surface area contributed by atoms with Crippen molar-refractivity contribution in [3.8, 4) is 11.5 Å². The van der Waals surface area contributed by atoms with Gasteiger partial charge in [0.15, 0.2) is 11.5 Å². The van der Waals surface area contributed by atoms with E-state index < -0.39 is 34.3 Å². The number of fused-ring (bicyclic) bond motifs is 2. The van der Waals surface area contributed by atoms with Gasteiger partial charge in [-0.3, -0.25) is 4.55 Å². The smallest absolute Gasteiger partial charge is 0.357 e. The highest BCUT2D eigenvalue weighted by molar-refractivity contribution is 8.20. The van der Waals surface area contributed by atoms with E-state index in [1.165, 1.54) is 36.4 Å². The van der Waals surface area contributed by atoms with E-state index in [4.69, 9.17) is 8.37 Å². The van der Waals surface area contributed by atoms with Crippen molar-refractivity contribution >= 4 is 51.9 Å². The van der Waals surface area contributed by atoms with Gasteiger partial charge in [0.05, 0.1) is 0 Å². The van der Waals surface area contributed by atoms with Crippen LogP contribution in [-0.2, 0) is 30.4 Å². The van der Waals surface area contributed by atoms with Crippen molar-refractivity contribution in [1.29, 1.82) is 0 Å². The summed E-state index contributed by atoms with van der Waals surface area (Å²) in [5, 5.41) is 1.68. The molecule has 0 saturated carbocycles. The Kier molecular flexibility index (Phi) is 5.78. The highest BCUT2D eigenvalue weighted by Gasteiger charge is 2.52. The van der Waals surface area contributed by atoms with Crippen LogP contribution in [0.4, 0.5) is 0 Å². The third-order valence-electron chi connectivity index (χ3n) is 4.63. The standard InChI is InChI=1S/C21H16O9S3/c22-31(23,24)21(32(25,26)29-19-13-5-9-15-7-1-3-11-17(15)19)33(27,28)30-20-14-6-10-16-8-2-4-12-18(16)20/h1-14,21H,(H,22,23,24). The van der Waals surface area contributed by atoms with Gasteiger partial charge in [-0.25, -0.2) is 0 Å². The molecule has 4 aromatic rings. The summed E-state index contributed by atoms with van der Waals surface area (Å²) in [6.45, 7) is 0. The summed E-state index contributed by atoms with van der Waals surface area (Å²) in [6, 6.07) is 21.5. The number of rotatable bonds is 7. The van der Waals surface area contributed by atoms with E-state index in [2.05, 4.69) is 0 Å². The zero-order valence-corrected chi connectivity index (χ0v) is 19.0. The van der Waals surface area contributed by atoms with Crippen molar-refractivity contribution in [3.05, 3.63) is 84.9 Å². The minimum atomic E-state index is -5.75. The second-order valence-corrected chi connectivity index (χ2v) is 12.6. The summed E-state index contributed by atoms with van der Waals surface area (Å²) >= 11 is 0. The van der Waals surface area contributed by atoms with E-state index in [-0.39, 0.29) is 22.3 Å². The molecule has 0 fully saturated rings. The normalized spacial score (nSPS) is 12.8. The van der Waals surface area contributed by atoms with Gasteiger partial charge in [0.2, 0.25) is 0 Å². The van der Waals surface area contributed by atoms with Crippen molar-refractivity contribution in [2.75, 3.05) is 0 Å². The molecular formula is C21H16O9S3. The van der Waals surface area contributed by atoms with Crippen molar-refractivity contribution in [2.24, 2.45) is 0 Å². The Hall–Kier alpha value is -3.19. The minimum absolute atomic E-state index is 0.282. The van der Waals surface area contributed by atoms with Crippen molar-refractivity contribution in [1.82, 2.24) is 0 Å². The van der Waals surface area contributed by atoms with E-state index in [0.29, 0.717) is 10.8 Å². The summed E-state index contributed by atoms with van der Waals surface area (Å²) < 4.78 is 91.3. The molecule has 1 N–H and O–H groups in total. The molecule has 0 saturated heterocycles. The summed E-state index contributed by atoms with van der Waals surface area (Å²) in [5.74, 6) is -0.635. The average Bonchev–Trinajstić information content (AvgIpc) is 2.72. The predicted molar refractivity (Wildman–Crippen MR) is 122 cm³/mol. The molecule has 0 spiro atoms. The molecule has 172 valence electrons. The van der Waals surface area contributed by atoms with Crippen LogP contribution >= 0.6 is 0 Å². The van der Waals surface area contributed by atoms with Crippen LogP contribution in [0.25, 0.3) is 21.5 Å². The Bertz CT molecular complexity index is 1550. The van der Waals surface area contributed by atoms with Crippen LogP contribution in [-0.4, -0.2) is 33.7 Å². The third kappa shape index (κ3) is 4.64. The zero-order chi connectivity index (χ0) is 23.9. The highest BCUT2D eigenvalue weighted by atomic mass is 32.3. The first-order chi connectivity index (χ1) is 15.5. The maximum Gasteiger partial charge on any atom is 0.357 e. The van der Waals surface area contributed by atoms with Crippen LogP contribution in [0.2, 0.25) is 0 Å². The van der Waals surface area contributed by atoms with E-state index >= 15 is 0 Å². The van der Waals surface area contributed by atoms with Crippen LogP contribution in [0.1, 0.15) is 0 Å². The van der Waals surface area contributed by atoms with Gasteiger partial charge >= 0.3 is 34.3 Å². The van der Waals surface area contributed by atoms with Gasteiger partial charge in [0.25, 0.3) is 0 Å². The number of benzene rings is 4. The quantitative estimate of drug-likeness (QED) is 0.294. The first-order valence-corrected chi connectivity index (χ1v) is 13.7. The number of hydrogen-bond acceptors (Lipinski definition) is 8. The predicted octanol–water partition coefficient (Wildman–Crippen LogP) is 3.28. The van der Waals surface area contributed by atoms with Crippen LogP contribution in [0.15, 0.2) is 84.9 Å². The van der Waals surface area contributed by atoms with Gasteiger partial charge in [0.1, 0.15) is 0 Å². The number of hydrogen-bond donors (Lipinski definition) is 1. The van der Waals surface area contributed by atoms with Crippen molar-refractivity contribution in [3.63, 3.8) is 0 Å². The minimum Gasteiger partial charge on any atom is -0.380 e. The molecule has 4 aromatic carbocycles. The molecule has 0 atom stereocenters. The van der Waals surface area contributed by atoms with Gasteiger partial charge in [-0.1, -0.05) is 72.8 Å². The first-order valence-electron chi connectivity index (χ1n) is 9.27. The molecule has 12 heteroatoms. The molecule has 0 aliphatic carbocycles. The maximum atomic E-state index is 12.9. The highest BCUT2D eigenvalue weighted by Crippen LogP contribution is 2.32. The van der Waals surface area contributed by atoms with E-state index in [0.717, 1.165) is 0 Å². The van der Waals surface area contributed by atoms with Gasteiger partial charge in [0, 0.05) is 10.8 Å². The Morgan fingerprint density at radius 3 is 1.30 bits per heavy atom. The molecule has 0 bridgehead atoms. The molecule has 0 amide bonds. The second kappa shape index (κ2) is 8.30. The van der Waals surface area contributed by atoms with Crippen molar-refractivity contribution in [2.45, 2.75) is 3.91 Å². The molecule has 0 unspecified atom stereocenters. The monoisotopic (exact) mass is 508 g/mol. The second-order valence-electron chi connectivity index (χ2n) is 6.91. The molecule has 33 heavy (non-hydrogen) atoms. The van der Waals surface area contributed by atoms with Crippen LogP contribution in [0.3, 0.4) is 0 Å². The fourth-order valence-corrected chi connectivity index (χ4v) is 8.27. The fraction of sp³-hybridized carbons (Fsp3) is 0.0476. The topological polar surface area (TPSA) is 141 Å². The maximum absolute atomic E-state index is 12.9. The van der Waals surface area contributed by atoms with Gasteiger partial charge in [-0.05, 0) is 22.9 Å². The molecule has 0 aliphatic heterocycles. The molecule has 0 aromatic heterocycles. The van der Waals surface area contributed by atoms with E-state index in [1.807, 2.05) is 0 Å². The average molecular weight is 509 g/mol. The van der Waals surface area contributed by atoms with Crippen molar-refractivity contribution < 1.29 is 38.2 Å². The third-order valence-corrected chi connectivity index (χ3v) is 11.2. The molecule has 0 heterocycles. The zero-order valence-electron chi connectivity index (χ0n) is 16.6. The van der Waals surface area contributed by atoms with Gasteiger partial charge < -0.3 is 8.37 Å². The van der Waals surface area contributed by atoms with Crippen LogP contribution in [0, 0.1) is 0 Å². The van der Waals surface area contributed by atoms with Crippen LogP contribution < -0.4 is 8.37 Å². The SMILES string of the molecule is O=S(=O)(O)C(S(=O)(=O)Oc1cccc2ccccc12)S(=O)(=O)Oc1cccc2ccccc12. The Balaban J connectivity index is 1.79. The Labute approximate surface area is 190 Å². The molecule has 9 nitrogen and oxygen atoms in total. The summed E-state index contributed by atoms with van der Waals surface area (Å²) in [5.41, 5.74) is 0. The first kappa shape index (κ1) is 23.0. The van der Waals surface area contributed by atoms with Crippen LogP contribution in [0.5, 0.6) is 11.5 Å². The van der Waals surface area contributed by atoms with Gasteiger partial charge in [-0.15, -0.1) is 0 Å². The fourth-order valence-electron chi connectivity index (χ4n) is 3.31. The summed E-state index contributed by atoms with van der Waals surface area (Å²) in [6.07, 6.45) is 0.